The summed E-state index contributed by atoms with van der Waals surface area (Å²) in [7, 11) is -2.13. The average molecular weight is 442 g/mol. The fourth-order valence-corrected chi connectivity index (χ4v) is 3.42. The third kappa shape index (κ3) is 5.18. The van der Waals surface area contributed by atoms with Gasteiger partial charge in [0, 0.05) is 29.0 Å². The second kappa shape index (κ2) is 8.73. The van der Waals surface area contributed by atoms with Gasteiger partial charge in [0.1, 0.15) is 17.2 Å². The van der Waals surface area contributed by atoms with E-state index in [1.807, 2.05) is 0 Å². The molecule has 3 aromatic rings. The van der Waals surface area contributed by atoms with Gasteiger partial charge in [0.25, 0.3) is 0 Å². The summed E-state index contributed by atoms with van der Waals surface area (Å²) in [4.78, 5) is 31.3. The van der Waals surface area contributed by atoms with Crippen molar-refractivity contribution in [2.75, 3.05) is 13.4 Å². The monoisotopic (exact) mass is 442 g/mol. The first-order valence-electron chi connectivity index (χ1n) is 9.39. The van der Waals surface area contributed by atoms with Crippen LogP contribution in [0.1, 0.15) is 34.7 Å². The molecule has 0 saturated carbocycles. The van der Waals surface area contributed by atoms with E-state index in [2.05, 4.69) is 9.97 Å². The van der Waals surface area contributed by atoms with Crippen molar-refractivity contribution in [3.63, 3.8) is 0 Å². The molecule has 3 rings (SSSR count). The highest BCUT2D eigenvalue weighted by Crippen LogP contribution is 2.30. The minimum absolute atomic E-state index is 0.0639. The summed E-state index contributed by atoms with van der Waals surface area (Å²) < 4.78 is 33.7. The first-order valence-corrected chi connectivity index (χ1v) is 11.3. The molecular formula is C22H22N2O6S. The number of nitrogens with zero attached hydrogens (tertiary/aromatic N) is 1. The van der Waals surface area contributed by atoms with E-state index < -0.39 is 15.8 Å². The molecule has 8 nitrogen and oxygen atoms in total. The number of carbonyl (C=O) groups excluding carboxylic acids is 2. The predicted octanol–water partition coefficient (Wildman–Crippen LogP) is 3.90. The Morgan fingerprint density at radius 1 is 1.03 bits per heavy atom. The van der Waals surface area contributed by atoms with E-state index in [1.165, 1.54) is 25.4 Å². The second-order valence-corrected chi connectivity index (χ2v) is 9.21. The summed E-state index contributed by atoms with van der Waals surface area (Å²) in [6, 6.07) is 11.2. The van der Waals surface area contributed by atoms with Crippen molar-refractivity contribution < 1.29 is 27.5 Å². The highest BCUT2D eigenvalue weighted by molar-refractivity contribution is 7.90. The molecule has 0 aliphatic heterocycles. The quantitative estimate of drug-likeness (QED) is 0.436. The molecule has 0 aliphatic rings. The van der Waals surface area contributed by atoms with E-state index >= 15 is 0 Å². The molecule has 9 heteroatoms. The Hall–Kier alpha value is -3.46. The number of ketones is 1. The van der Waals surface area contributed by atoms with Gasteiger partial charge in [-0.15, -0.1) is 0 Å². The third-order valence-corrected chi connectivity index (χ3v) is 5.44. The number of aromatic nitrogens is 2. The molecule has 0 radical (unpaired) electrons. The number of hydrogen-bond donors (Lipinski definition) is 1. The summed E-state index contributed by atoms with van der Waals surface area (Å²) in [5.41, 5.74) is 1.96. The van der Waals surface area contributed by atoms with Gasteiger partial charge in [0.15, 0.2) is 20.6 Å². The molecule has 0 fully saturated rings. The highest BCUT2D eigenvalue weighted by Gasteiger charge is 2.16. The smallest absolute Gasteiger partial charge is 0.354 e. The number of ether oxygens (including phenoxy) is 2. The average Bonchev–Trinajstić information content (AvgIpc) is 3.22. The van der Waals surface area contributed by atoms with Crippen molar-refractivity contribution in [1.29, 1.82) is 0 Å². The SMILES string of the molecule is COC(=O)c1ccc(-c2cc(Oc3ccc(S(C)(=O)=O)nc3)cc(C(=O)C(C)C)c2)[nH]1. The van der Waals surface area contributed by atoms with E-state index in [4.69, 9.17) is 9.47 Å². The van der Waals surface area contributed by atoms with Gasteiger partial charge in [0.2, 0.25) is 0 Å². The Morgan fingerprint density at radius 2 is 1.77 bits per heavy atom. The minimum Gasteiger partial charge on any atom is -0.464 e. The van der Waals surface area contributed by atoms with Gasteiger partial charge in [-0.2, -0.15) is 0 Å². The van der Waals surface area contributed by atoms with Crippen LogP contribution in [-0.4, -0.2) is 43.5 Å². The molecule has 0 saturated heterocycles. The minimum atomic E-state index is -3.42. The number of sulfone groups is 1. The zero-order valence-electron chi connectivity index (χ0n) is 17.5. The van der Waals surface area contributed by atoms with Crippen LogP contribution in [0.25, 0.3) is 11.3 Å². The van der Waals surface area contributed by atoms with Crippen molar-refractivity contribution in [2.24, 2.45) is 5.92 Å². The van der Waals surface area contributed by atoms with Gasteiger partial charge in [0.05, 0.1) is 13.3 Å². The maximum absolute atomic E-state index is 12.6. The number of hydrogen-bond acceptors (Lipinski definition) is 7. The van der Waals surface area contributed by atoms with Gasteiger partial charge >= 0.3 is 5.97 Å². The van der Waals surface area contributed by atoms with Crippen LogP contribution in [0, 0.1) is 5.92 Å². The standard InChI is InChI=1S/C22H22N2O6S/c1-13(2)21(25)15-9-14(18-6-7-19(24-18)22(26)29-3)10-17(11-15)30-16-5-8-20(23-12-16)31(4,27)28/h5-13,24H,1-4H3. The van der Waals surface area contributed by atoms with Crippen LogP contribution in [-0.2, 0) is 14.6 Å². The molecule has 2 heterocycles. The number of pyridine rings is 1. The molecule has 31 heavy (non-hydrogen) atoms. The number of esters is 1. The zero-order valence-corrected chi connectivity index (χ0v) is 18.3. The number of benzene rings is 1. The van der Waals surface area contributed by atoms with Crippen LogP contribution in [0.2, 0.25) is 0 Å². The van der Waals surface area contributed by atoms with E-state index in [9.17, 15) is 18.0 Å². The Morgan fingerprint density at radius 3 is 2.35 bits per heavy atom. The van der Waals surface area contributed by atoms with E-state index in [1.54, 1.807) is 44.2 Å². The molecule has 1 N–H and O–H groups in total. The number of aromatic amines is 1. The molecule has 0 amide bonds. The topological polar surface area (TPSA) is 115 Å². The predicted molar refractivity (Wildman–Crippen MR) is 114 cm³/mol. The van der Waals surface area contributed by atoms with Gasteiger partial charge in [-0.3, -0.25) is 4.79 Å². The van der Waals surface area contributed by atoms with Crippen molar-refractivity contribution >= 4 is 21.6 Å². The largest absolute Gasteiger partial charge is 0.464 e. The van der Waals surface area contributed by atoms with Crippen LogP contribution in [0.5, 0.6) is 11.5 Å². The van der Waals surface area contributed by atoms with Crippen molar-refractivity contribution in [3.8, 4) is 22.8 Å². The lowest BCUT2D eigenvalue weighted by Crippen LogP contribution is -2.08. The molecule has 162 valence electrons. The maximum Gasteiger partial charge on any atom is 0.354 e. The van der Waals surface area contributed by atoms with Gasteiger partial charge in [-0.05, 0) is 42.5 Å². The van der Waals surface area contributed by atoms with Crippen LogP contribution in [0.3, 0.4) is 0 Å². The van der Waals surface area contributed by atoms with Crippen LogP contribution in [0.4, 0.5) is 0 Å². The lowest BCUT2D eigenvalue weighted by Gasteiger charge is -2.12. The van der Waals surface area contributed by atoms with Crippen molar-refractivity contribution in [3.05, 3.63) is 59.9 Å². The molecule has 0 spiro atoms. The highest BCUT2D eigenvalue weighted by atomic mass is 32.2. The lowest BCUT2D eigenvalue weighted by atomic mass is 9.98. The van der Waals surface area contributed by atoms with Crippen molar-refractivity contribution in [2.45, 2.75) is 18.9 Å². The van der Waals surface area contributed by atoms with Gasteiger partial charge < -0.3 is 14.5 Å². The Balaban J connectivity index is 2.00. The summed E-state index contributed by atoms with van der Waals surface area (Å²) in [5, 5.41) is -0.0639. The molecule has 0 unspecified atom stereocenters. The summed E-state index contributed by atoms with van der Waals surface area (Å²) >= 11 is 0. The van der Waals surface area contributed by atoms with Crippen LogP contribution >= 0.6 is 0 Å². The number of methoxy groups -OCH3 is 1. The number of H-pyrrole nitrogens is 1. The van der Waals surface area contributed by atoms with Crippen LogP contribution in [0.15, 0.2) is 53.7 Å². The number of carbonyl (C=O) groups is 2. The van der Waals surface area contributed by atoms with Crippen LogP contribution < -0.4 is 4.74 Å². The fraction of sp³-hybridized carbons (Fsp3) is 0.227. The molecule has 0 aliphatic carbocycles. The normalized spacial score (nSPS) is 11.4. The maximum atomic E-state index is 12.6. The van der Waals surface area contributed by atoms with Crippen molar-refractivity contribution in [1.82, 2.24) is 9.97 Å². The zero-order chi connectivity index (χ0) is 22.8. The Labute approximate surface area is 180 Å². The molecule has 1 aromatic carbocycles. The van der Waals surface area contributed by atoms with Gasteiger partial charge in [-0.1, -0.05) is 13.8 Å². The first kappa shape index (κ1) is 22.2. The first-order chi connectivity index (χ1) is 14.6. The Bertz CT molecular complexity index is 1230. The molecule has 0 bridgehead atoms. The Kier molecular flexibility index (Phi) is 6.26. The summed E-state index contributed by atoms with van der Waals surface area (Å²) in [6.07, 6.45) is 2.37. The number of nitrogens with one attached hydrogen (secondary N) is 1. The number of rotatable bonds is 7. The summed E-state index contributed by atoms with van der Waals surface area (Å²) in [5.74, 6) is -0.127. The van der Waals surface area contributed by atoms with Gasteiger partial charge in [-0.25, -0.2) is 18.2 Å². The number of Topliss-reactive ketones (excluding diaryl/α,β-unsaturated/α-hetero) is 1. The van der Waals surface area contributed by atoms with E-state index in [0.717, 1.165) is 6.26 Å². The van der Waals surface area contributed by atoms with E-state index in [-0.39, 0.29) is 22.4 Å². The fourth-order valence-electron chi connectivity index (χ4n) is 2.86. The molecule has 0 atom stereocenters. The lowest BCUT2D eigenvalue weighted by molar-refractivity contribution is 0.0594. The molecular weight excluding hydrogens is 420 g/mol. The third-order valence-electron chi connectivity index (χ3n) is 4.44. The second-order valence-electron chi connectivity index (χ2n) is 7.25. The summed E-state index contributed by atoms with van der Waals surface area (Å²) in [6.45, 7) is 3.60. The van der Waals surface area contributed by atoms with E-state index in [0.29, 0.717) is 28.3 Å². The molecule has 2 aromatic heterocycles.